The molecule has 3 aromatic rings. The number of hydrogen-bond acceptors (Lipinski definition) is 4. The SMILES string of the molecule is CCCOCc1cnn(C)c1-c1ccc2c(c1)CN([C@H](CN)Cc1ccccc1)C2=O. The van der Waals surface area contributed by atoms with Crippen LogP contribution in [0.1, 0.15) is 40.4 Å². The molecule has 31 heavy (non-hydrogen) atoms. The average molecular weight is 419 g/mol. The van der Waals surface area contributed by atoms with Crippen LogP contribution in [0, 0.1) is 0 Å². The summed E-state index contributed by atoms with van der Waals surface area (Å²) in [5, 5.41) is 4.43. The summed E-state index contributed by atoms with van der Waals surface area (Å²) in [4.78, 5) is 15.0. The first-order valence-electron chi connectivity index (χ1n) is 10.9. The number of rotatable bonds is 9. The van der Waals surface area contributed by atoms with E-state index in [2.05, 4.69) is 30.2 Å². The predicted molar refractivity (Wildman–Crippen MR) is 121 cm³/mol. The van der Waals surface area contributed by atoms with Crippen LogP contribution in [-0.4, -0.2) is 39.8 Å². The molecule has 2 heterocycles. The summed E-state index contributed by atoms with van der Waals surface area (Å²) in [6.45, 7) is 4.37. The number of aryl methyl sites for hydroxylation is 1. The second kappa shape index (κ2) is 9.45. The van der Waals surface area contributed by atoms with E-state index < -0.39 is 0 Å². The van der Waals surface area contributed by atoms with Crippen molar-refractivity contribution in [2.45, 2.75) is 39.0 Å². The Bertz CT molecular complexity index is 1040. The van der Waals surface area contributed by atoms with Crippen LogP contribution in [0.3, 0.4) is 0 Å². The topological polar surface area (TPSA) is 73.4 Å². The van der Waals surface area contributed by atoms with Gasteiger partial charge in [0.2, 0.25) is 0 Å². The second-order valence-electron chi connectivity index (χ2n) is 8.08. The van der Waals surface area contributed by atoms with Crippen molar-refractivity contribution in [1.82, 2.24) is 14.7 Å². The monoisotopic (exact) mass is 418 g/mol. The summed E-state index contributed by atoms with van der Waals surface area (Å²) in [5.74, 6) is 0.0597. The molecule has 2 aromatic carbocycles. The molecule has 162 valence electrons. The molecule has 1 amide bonds. The van der Waals surface area contributed by atoms with Gasteiger partial charge >= 0.3 is 0 Å². The molecule has 0 radical (unpaired) electrons. The fourth-order valence-electron chi connectivity index (χ4n) is 4.28. The van der Waals surface area contributed by atoms with E-state index in [1.54, 1.807) is 0 Å². The van der Waals surface area contributed by atoms with Gasteiger partial charge < -0.3 is 15.4 Å². The van der Waals surface area contributed by atoms with Gasteiger partial charge in [-0.05, 0) is 36.1 Å². The fraction of sp³-hybridized carbons (Fsp3) is 0.360. The van der Waals surface area contributed by atoms with Gasteiger partial charge in [-0.2, -0.15) is 5.10 Å². The lowest BCUT2D eigenvalue weighted by Gasteiger charge is -2.26. The Morgan fingerprint density at radius 3 is 2.74 bits per heavy atom. The summed E-state index contributed by atoms with van der Waals surface area (Å²) in [6.07, 6.45) is 3.60. The third-order valence-electron chi connectivity index (χ3n) is 5.86. The molecule has 6 nitrogen and oxygen atoms in total. The average Bonchev–Trinajstić information content (AvgIpc) is 3.32. The lowest BCUT2D eigenvalue weighted by atomic mass is 10.0. The first kappa shape index (κ1) is 21.3. The van der Waals surface area contributed by atoms with Gasteiger partial charge in [-0.3, -0.25) is 9.48 Å². The maximum Gasteiger partial charge on any atom is 0.254 e. The van der Waals surface area contributed by atoms with Gasteiger partial charge in [0.05, 0.1) is 18.5 Å². The van der Waals surface area contributed by atoms with E-state index in [1.807, 2.05) is 53.2 Å². The highest BCUT2D eigenvalue weighted by atomic mass is 16.5. The number of nitrogens with two attached hydrogens (primary N) is 1. The van der Waals surface area contributed by atoms with Gasteiger partial charge in [0.25, 0.3) is 5.91 Å². The standard InChI is InChI=1S/C25H30N4O2/c1-3-11-31-17-21-15-27-28(2)24(21)19-9-10-23-20(13-19)16-29(25(23)30)22(14-26)12-18-7-5-4-6-8-18/h4-10,13,15,22H,3,11-12,14,16-17,26H2,1-2H3/t22-/m0/s1. The van der Waals surface area contributed by atoms with Gasteiger partial charge in [-0.1, -0.05) is 43.3 Å². The van der Waals surface area contributed by atoms with Gasteiger partial charge in [0.15, 0.2) is 0 Å². The van der Waals surface area contributed by atoms with Crippen LogP contribution >= 0.6 is 0 Å². The third kappa shape index (κ3) is 4.40. The lowest BCUT2D eigenvalue weighted by Crippen LogP contribution is -2.42. The molecule has 1 aromatic heterocycles. The number of ether oxygens (including phenoxy) is 1. The van der Waals surface area contributed by atoms with Gasteiger partial charge in [0.1, 0.15) is 0 Å². The van der Waals surface area contributed by atoms with Crippen LogP contribution in [0.5, 0.6) is 0 Å². The highest BCUT2D eigenvalue weighted by Crippen LogP contribution is 2.31. The predicted octanol–water partition coefficient (Wildman–Crippen LogP) is 3.54. The van der Waals surface area contributed by atoms with Crippen LogP contribution in [0.25, 0.3) is 11.3 Å². The molecule has 0 unspecified atom stereocenters. The minimum absolute atomic E-state index is 0.0274. The summed E-state index contributed by atoms with van der Waals surface area (Å²) in [6, 6.07) is 16.2. The van der Waals surface area contributed by atoms with Gasteiger partial charge in [0, 0.05) is 49.5 Å². The smallest absolute Gasteiger partial charge is 0.254 e. The Balaban J connectivity index is 1.57. The summed E-state index contributed by atoms with van der Waals surface area (Å²) in [7, 11) is 1.94. The van der Waals surface area contributed by atoms with Crippen molar-refractivity contribution in [3.63, 3.8) is 0 Å². The zero-order chi connectivity index (χ0) is 21.8. The lowest BCUT2D eigenvalue weighted by molar-refractivity contribution is 0.0708. The Kier molecular flexibility index (Phi) is 6.49. The zero-order valence-corrected chi connectivity index (χ0v) is 18.3. The van der Waals surface area contributed by atoms with Crippen LogP contribution in [0.15, 0.2) is 54.7 Å². The highest BCUT2D eigenvalue weighted by Gasteiger charge is 2.32. The molecule has 0 saturated heterocycles. The Morgan fingerprint density at radius 1 is 1.19 bits per heavy atom. The first-order valence-corrected chi connectivity index (χ1v) is 10.9. The number of benzene rings is 2. The zero-order valence-electron chi connectivity index (χ0n) is 18.3. The quantitative estimate of drug-likeness (QED) is 0.540. The van der Waals surface area contributed by atoms with Crippen molar-refractivity contribution in [2.24, 2.45) is 12.8 Å². The summed E-state index contributed by atoms with van der Waals surface area (Å²) >= 11 is 0. The molecule has 1 aliphatic heterocycles. The van der Waals surface area contributed by atoms with Gasteiger partial charge in [-0.25, -0.2) is 0 Å². The minimum atomic E-state index is -0.0274. The van der Waals surface area contributed by atoms with E-state index >= 15 is 0 Å². The number of carbonyl (C=O) groups is 1. The summed E-state index contributed by atoms with van der Waals surface area (Å²) < 4.78 is 7.62. The van der Waals surface area contributed by atoms with Crippen molar-refractivity contribution >= 4 is 5.91 Å². The van der Waals surface area contributed by atoms with E-state index in [0.29, 0.717) is 19.7 Å². The van der Waals surface area contributed by atoms with E-state index in [-0.39, 0.29) is 11.9 Å². The molecule has 0 spiro atoms. The number of nitrogens with zero attached hydrogens (tertiary/aromatic N) is 3. The molecule has 0 fully saturated rings. The molecular weight excluding hydrogens is 388 g/mol. The number of fused-ring (bicyclic) bond motifs is 1. The summed E-state index contributed by atoms with van der Waals surface area (Å²) in [5.41, 5.74) is 12.2. The number of amides is 1. The first-order chi connectivity index (χ1) is 15.1. The van der Waals surface area contributed by atoms with Crippen molar-refractivity contribution in [2.75, 3.05) is 13.2 Å². The normalized spacial score (nSPS) is 14.2. The Morgan fingerprint density at radius 2 is 2.00 bits per heavy atom. The van der Waals surface area contributed by atoms with Crippen LogP contribution in [0.4, 0.5) is 0 Å². The minimum Gasteiger partial charge on any atom is -0.377 e. The van der Waals surface area contributed by atoms with Gasteiger partial charge in [-0.15, -0.1) is 0 Å². The highest BCUT2D eigenvalue weighted by molar-refractivity contribution is 5.99. The molecule has 6 heteroatoms. The Hall–Kier alpha value is -2.96. The molecule has 1 aliphatic rings. The molecule has 2 N–H and O–H groups in total. The van der Waals surface area contributed by atoms with Crippen molar-refractivity contribution < 1.29 is 9.53 Å². The molecular formula is C25H30N4O2. The van der Waals surface area contributed by atoms with E-state index in [0.717, 1.165) is 47.4 Å². The molecule has 0 aliphatic carbocycles. The maximum absolute atomic E-state index is 13.1. The second-order valence-corrected chi connectivity index (χ2v) is 8.08. The molecule has 0 saturated carbocycles. The van der Waals surface area contributed by atoms with Crippen LogP contribution in [0.2, 0.25) is 0 Å². The fourth-order valence-corrected chi connectivity index (χ4v) is 4.28. The number of carbonyl (C=O) groups excluding carboxylic acids is 1. The van der Waals surface area contributed by atoms with E-state index in [1.165, 1.54) is 5.56 Å². The molecule has 0 bridgehead atoms. The number of hydrogen-bond donors (Lipinski definition) is 1. The largest absolute Gasteiger partial charge is 0.377 e. The van der Waals surface area contributed by atoms with E-state index in [9.17, 15) is 4.79 Å². The molecule has 1 atom stereocenters. The maximum atomic E-state index is 13.1. The Labute approximate surface area is 183 Å². The van der Waals surface area contributed by atoms with Crippen molar-refractivity contribution in [1.29, 1.82) is 0 Å². The molecule has 4 rings (SSSR count). The van der Waals surface area contributed by atoms with Crippen molar-refractivity contribution in [3.05, 3.63) is 77.0 Å². The van der Waals surface area contributed by atoms with Crippen molar-refractivity contribution in [3.8, 4) is 11.3 Å². The van der Waals surface area contributed by atoms with Crippen LogP contribution in [-0.2, 0) is 31.4 Å². The van der Waals surface area contributed by atoms with E-state index in [4.69, 9.17) is 10.5 Å². The third-order valence-corrected chi connectivity index (χ3v) is 5.86. The van der Waals surface area contributed by atoms with Crippen LogP contribution < -0.4 is 5.73 Å². The number of aromatic nitrogens is 2.